The van der Waals surface area contributed by atoms with Crippen LogP contribution in [-0.2, 0) is 46.1 Å². The van der Waals surface area contributed by atoms with E-state index in [9.17, 15) is 26.3 Å². The van der Waals surface area contributed by atoms with E-state index < -0.39 is 31.3 Å². The molecule has 0 atom stereocenters. The number of alkyl halides is 6. The van der Waals surface area contributed by atoms with Crippen LogP contribution >= 0.6 is 0 Å². The maximum Gasteiger partial charge on any atom is 0.522 e. The molecular weight excluding hydrogens is 597 g/mol. The molecule has 0 saturated heterocycles. The number of rotatable bonds is 0. The molecule has 2 N–H and O–H groups in total. The number of hydrogen-bond acceptors (Lipinski definition) is 4. The van der Waals surface area contributed by atoms with E-state index in [4.69, 9.17) is 25.9 Å². The van der Waals surface area contributed by atoms with Crippen molar-refractivity contribution in [3.05, 3.63) is 64.2 Å². The summed E-state index contributed by atoms with van der Waals surface area (Å²) in [4.78, 5) is 0. The first-order valence-electron chi connectivity index (χ1n) is 5.91. The van der Waals surface area contributed by atoms with Crippen molar-refractivity contribution in [3.63, 3.8) is 0 Å². The minimum absolute atomic E-state index is 0. The Morgan fingerprint density at radius 1 is 0.481 bits per heavy atom. The van der Waals surface area contributed by atoms with Crippen molar-refractivity contribution in [1.82, 2.24) is 0 Å². The van der Waals surface area contributed by atoms with Gasteiger partial charge in [0.05, 0.1) is 0 Å². The van der Waals surface area contributed by atoms with Gasteiger partial charge in [-0.2, -0.15) is 43.2 Å². The predicted molar refractivity (Wildman–Crippen MR) is 78.2 cm³/mol. The summed E-state index contributed by atoms with van der Waals surface area (Å²) >= 11 is 0. The Morgan fingerprint density at radius 2 is 0.556 bits per heavy atom. The van der Waals surface area contributed by atoms with Crippen LogP contribution in [0.5, 0.6) is 0 Å². The third-order valence-corrected chi connectivity index (χ3v) is 2.87. The average molecular weight is 609 g/mol. The summed E-state index contributed by atoms with van der Waals surface area (Å²) in [5, 5.41) is 0. The Hall–Kier alpha value is 0.270. The molecular formula is C12H12F6HfO6S2. The van der Waals surface area contributed by atoms with E-state index in [0.29, 0.717) is 0 Å². The summed E-state index contributed by atoms with van der Waals surface area (Å²) in [6, 6.07) is 0. The van der Waals surface area contributed by atoms with E-state index >= 15 is 0 Å². The Kier molecular flexibility index (Phi) is 16.9. The summed E-state index contributed by atoms with van der Waals surface area (Å²) in [5.74, 6) is 0. The van der Waals surface area contributed by atoms with Gasteiger partial charge in [0.2, 0.25) is 0 Å². The van der Waals surface area contributed by atoms with Gasteiger partial charge in [-0.05, 0) is 64.2 Å². The molecule has 0 spiro atoms. The van der Waals surface area contributed by atoms with Crippen LogP contribution in [0.15, 0.2) is 0 Å². The van der Waals surface area contributed by atoms with E-state index in [1.807, 2.05) is 64.2 Å². The molecule has 0 aromatic carbocycles. The van der Waals surface area contributed by atoms with E-state index in [-0.39, 0.29) is 25.8 Å². The van der Waals surface area contributed by atoms with Gasteiger partial charge >= 0.3 is 31.3 Å². The SMILES string of the molecule is O=S(=O)(O)C(F)(F)F.O=S(=O)(O)C(F)(F)F.[CH]1[CH][CH][CH][CH]1.[CH]1[CH][CH][CH][CH]1.[Hf]. The van der Waals surface area contributed by atoms with Crippen LogP contribution in [0.4, 0.5) is 26.3 Å². The zero-order valence-electron chi connectivity index (χ0n) is 12.9. The quantitative estimate of drug-likeness (QED) is 0.190. The minimum atomic E-state index is -5.84. The van der Waals surface area contributed by atoms with Crippen LogP contribution in [0.2, 0.25) is 0 Å². The van der Waals surface area contributed by atoms with E-state index in [1.54, 1.807) is 0 Å². The van der Waals surface area contributed by atoms with Gasteiger partial charge in [0.15, 0.2) is 0 Å². The molecule has 2 fully saturated rings. The van der Waals surface area contributed by atoms with Gasteiger partial charge in [-0.3, -0.25) is 9.11 Å². The van der Waals surface area contributed by atoms with Crippen LogP contribution < -0.4 is 0 Å². The third-order valence-electron chi connectivity index (χ3n) is 1.70. The maximum absolute atomic E-state index is 10.7. The van der Waals surface area contributed by atoms with Crippen molar-refractivity contribution >= 4 is 20.2 Å². The van der Waals surface area contributed by atoms with Crippen molar-refractivity contribution in [1.29, 1.82) is 0 Å². The zero-order chi connectivity index (χ0) is 21.1. The van der Waals surface area contributed by atoms with Gasteiger partial charge in [0.1, 0.15) is 0 Å². The van der Waals surface area contributed by atoms with Crippen LogP contribution in [0.3, 0.4) is 0 Å². The molecule has 0 amide bonds. The molecule has 2 aliphatic rings. The monoisotopic (exact) mass is 610 g/mol. The standard InChI is InChI=1S/2C5H5.2CHF3O3S.Hf/c2*1-2-4-5-3-1;2*2-1(3,4)8(5,6)7;/h2*1-5H;2*(H,5,6,7);. The molecule has 0 aliphatic heterocycles. The number of halogens is 6. The predicted octanol–water partition coefficient (Wildman–Crippen LogP) is 2.83. The van der Waals surface area contributed by atoms with E-state index in [2.05, 4.69) is 0 Å². The Bertz CT molecular complexity index is 499. The van der Waals surface area contributed by atoms with Gasteiger partial charge in [-0.25, -0.2) is 0 Å². The second-order valence-electron chi connectivity index (χ2n) is 3.77. The molecule has 2 rings (SSSR count). The fraction of sp³-hybridized carbons (Fsp3) is 0.167. The normalized spacial score (nSPS) is 17.2. The van der Waals surface area contributed by atoms with Crippen molar-refractivity contribution in [3.8, 4) is 0 Å². The van der Waals surface area contributed by atoms with Crippen molar-refractivity contribution < 1.29 is 78.1 Å². The second-order valence-corrected chi connectivity index (χ2v) is 6.59. The van der Waals surface area contributed by atoms with Crippen LogP contribution in [0, 0.1) is 64.2 Å². The summed E-state index contributed by atoms with van der Waals surface area (Å²) < 4.78 is 115. The van der Waals surface area contributed by atoms with Crippen LogP contribution in [-0.4, -0.2) is 37.0 Å². The molecule has 6 nitrogen and oxygen atoms in total. The van der Waals surface area contributed by atoms with Crippen molar-refractivity contribution in [2.75, 3.05) is 0 Å². The first-order chi connectivity index (χ1) is 11.5. The third kappa shape index (κ3) is 19.4. The summed E-state index contributed by atoms with van der Waals surface area (Å²) in [5.41, 5.74) is -11.1. The van der Waals surface area contributed by atoms with Crippen molar-refractivity contribution in [2.24, 2.45) is 0 Å². The minimum Gasteiger partial charge on any atom is -0.279 e. The molecule has 2 saturated carbocycles. The van der Waals surface area contributed by atoms with Gasteiger partial charge in [0.25, 0.3) is 0 Å². The first-order valence-corrected chi connectivity index (χ1v) is 8.79. The summed E-state index contributed by atoms with van der Waals surface area (Å²) in [7, 11) is -11.7. The van der Waals surface area contributed by atoms with Gasteiger partial charge in [0, 0.05) is 25.8 Å². The summed E-state index contributed by atoms with van der Waals surface area (Å²) in [6.07, 6.45) is 20.0. The molecule has 27 heavy (non-hydrogen) atoms. The molecule has 0 aromatic rings. The van der Waals surface area contributed by atoms with E-state index in [1.165, 1.54) is 0 Å². The fourth-order valence-corrected chi connectivity index (χ4v) is 0.642. The molecule has 0 heterocycles. The molecule has 10 radical (unpaired) electrons. The molecule has 0 aromatic heterocycles. The Balaban J connectivity index is -0.000000286. The Morgan fingerprint density at radius 3 is 0.593 bits per heavy atom. The van der Waals surface area contributed by atoms with Gasteiger partial charge in [-0.15, -0.1) is 0 Å². The zero-order valence-corrected chi connectivity index (χ0v) is 18.1. The van der Waals surface area contributed by atoms with E-state index in [0.717, 1.165) is 0 Å². The maximum atomic E-state index is 10.7. The fourth-order valence-electron chi connectivity index (χ4n) is 0.642. The molecule has 2 aliphatic carbocycles. The smallest absolute Gasteiger partial charge is 0.279 e. The largest absolute Gasteiger partial charge is 0.522 e. The topological polar surface area (TPSA) is 109 Å². The molecule has 0 unspecified atom stereocenters. The first kappa shape index (κ1) is 31.9. The van der Waals surface area contributed by atoms with Gasteiger partial charge < -0.3 is 0 Å². The summed E-state index contributed by atoms with van der Waals surface area (Å²) in [6.45, 7) is 0. The van der Waals surface area contributed by atoms with Gasteiger partial charge in [-0.1, -0.05) is 0 Å². The van der Waals surface area contributed by atoms with Crippen LogP contribution in [0.25, 0.3) is 0 Å². The number of hydrogen-bond donors (Lipinski definition) is 2. The van der Waals surface area contributed by atoms with Crippen LogP contribution in [0.1, 0.15) is 0 Å². The Labute approximate surface area is 173 Å². The second kappa shape index (κ2) is 14.3. The molecule has 0 bridgehead atoms. The molecule has 15 heteroatoms. The average Bonchev–Trinajstić information content (AvgIpc) is 3.15. The molecule has 154 valence electrons. The van der Waals surface area contributed by atoms with Crippen molar-refractivity contribution in [2.45, 2.75) is 11.0 Å².